The highest BCUT2D eigenvalue weighted by Crippen LogP contribution is 2.24. The molecule has 2 rings (SSSR count). The quantitative estimate of drug-likeness (QED) is 0.704. The number of halogens is 1. The largest absolute Gasteiger partial charge is 0.368 e. The van der Waals surface area contributed by atoms with Crippen molar-refractivity contribution in [3.63, 3.8) is 0 Å². The van der Waals surface area contributed by atoms with Gasteiger partial charge in [0.05, 0.1) is 4.90 Å². The number of methoxy groups -OCH3 is 1. The molecule has 0 radical (unpaired) electrons. The summed E-state index contributed by atoms with van der Waals surface area (Å²) < 4.78 is 32.6. The van der Waals surface area contributed by atoms with Crippen LogP contribution >= 0.6 is 12.4 Å². The van der Waals surface area contributed by atoms with E-state index in [1.54, 1.807) is 38.4 Å². The maximum absolute atomic E-state index is 12.7. The predicted octanol–water partition coefficient (Wildman–Crippen LogP) is 0.922. The minimum Gasteiger partial charge on any atom is -0.368 e. The van der Waals surface area contributed by atoms with E-state index < -0.39 is 15.6 Å². The number of amides is 1. The number of rotatable bonds is 7. The topological polar surface area (TPSA) is 87.7 Å². The summed E-state index contributed by atoms with van der Waals surface area (Å²) in [5.41, 5.74) is 0.187. The van der Waals surface area contributed by atoms with Crippen molar-refractivity contribution in [1.29, 1.82) is 0 Å². The van der Waals surface area contributed by atoms with E-state index in [9.17, 15) is 13.2 Å². The van der Waals surface area contributed by atoms with Gasteiger partial charge in [0.2, 0.25) is 10.0 Å². The van der Waals surface area contributed by atoms with Crippen LogP contribution < -0.4 is 10.0 Å². The van der Waals surface area contributed by atoms with Crippen molar-refractivity contribution in [3.8, 4) is 0 Å². The van der Waals surface area contributed by atoms with E-state index in [1.807, 2.05) is 6.92 Å². The first-order chi connectivity index (χ1) is 11.8. The Morgan fingerprint density at radius 2 is 1.85 bits per heavy atom. The summed E-state index contributed by atoms with van der Waals surface area (Å²) >= 11 is 0. The summed E-state index contributed by atoms with van der Waals surface area (Å²) in [7, 11) is -0.349. The number of sulfonamides is 1. The SMILES string of the molecule is COC1(C(=O)N(C)CCNS(=O)(=O)c2ccc(C)cc2)CCNCC1.Cl. The van der Waals surface area contributed by atoms with Gasteiger partial charge in [-0.15, -0.1) is 12.4 Å². The Labute approximate surface area is 161 Å². The Balaban J connectivity index is 0.00000338. The van der Waals surface area contributed by atoms with Crippen LogP contribution in [0.1, 0.15) is 18.4 Å². The van der Waals surface area contributed by atoms with Crippen LogP contribution in [0.4, 0.5) is 0 Å². The summed E-state index contributed by atoms with van der Waals surface area (Å²) in [5, 5.41) is 3.21. The van der Waals surface area contributed by atoms with Crippen molar-refractivity contribution < 1.29 is 17.9 Å². The number of nitrogens with zero attached hydrogens (tertiary/aromatic N) is 1. The molecule has 1 amide bonds. The first kappa shape index (κ1) is 22.9. The number of ether oxygens (including phenoxy) is 1. The maximum Gasteiger partial charge on any atom is 0.254 e. The third kappa shape index (κ3) is 5.40. The highest BCUT2D eigenvalue weighted by Gasteiger charge is 2.41. The lowest BCUT2D eigenvalue weighted by atomic mass is 9.90. The van der Waals surface area contributed by atoms with Crippen molar-refractivity contribution in [2.24, 2.45) is 0 Å². The molecule has 1 fully saturated rings. The number of nitrogens with one attached hydrogen (secondary N) is 2. The smallest absolute Gasteiger partial charge is 0.254 e. The normalized spacial score (nSPS) is 16.6. The highest BCUT2D eigenvalue weighted by molar-refractivity contribution is 7.89. The van der Waals surface area contributed by atoms with Gasteiger partial charge in [-0.05, 0) is 45.0 Å². The third-order valence-corrected chi connectivity index (χ3v) is 6.09. The number of hydrogen-bond acceptors (Lipinski definition) is 5. The van der Waals surface area contributed by atoms with E-state index >= 15 is 0 Å². The van der Waals surface area contributed by atoms with Crippen molar-refractivity contribution in [3.05, 3.63) is 29.8 Å². The molecule has 1 saturated heterocycles. The fourth-order valence-corrected chi connectivity index (χ4v) is 3.95. The van der Waals surface area contributed by atoms with Gasteiger partial charge in [-0.25, -0.2) is 13.1 Å². The number of benzene rings is 1. The van der Waals surface area contributed by atoms with Crippen LogP contribution in [0.5, 0.6) is 0 Å². The molecule has 1 aliphatic heterocycles. The lowest BCUT2D eigenvalue weighted by molar-refractivity contribution is -0.156. The number of hydrogen-bond donors (Lipinski definition) is 2. The number of likely N-dealkylation sites (N-methyl/N-ethyl adjacent to an activating group) is 1. The molecule has 1 aromatic rings. The summed E-state index contributed by atoms with van der Waals surface area (Å²) in [4.78, 5) is 14.5. The standard InChI is InChI=1S/C17H27N3O4S.ClH/c1-14-4-6-15(7-5-14)25(22,23)19-12-13-20(2)16(21)17(24-3)8-10-18-11-9-17;/h4-7,18-19H,8-13H2,1-3H3;1H. The minimum atomic E-state index is -3.57. The van der Waals surface area contributed by atoms with Crippen LogP contribution in [0.15, 0.2) is 29.2 Å². The average Bonchev–Trinajstić information content (AvgIpc) is 2.61. The molecule has 0 unspecified atom stereocenters. The van der Waals surface area contributed by atoms with Gasteiger partial charge in [0, 0.05) is 27.2 Å². The molecule has 1 aromatic carbocycles. The summed E-state index contributed by atoms with van der Waals surface area (Å²) in [6, 6.07) is 6.65. The van der Waals surface area contributed by atoms with Crippen molar-refractivity contribution in [1.82, 2.24) is 14.9 Å². The Kier molecular flexibility index (Phi) is 8.49. The van der Waals surface area contributed by atoms with Crippen molar-refractivity contribution in [2.75, 3.05) is 40.3 Å². The molecule has 1 aliphatic rings. The molecule has 0 atom stereocenters. The zero-order valence-electron chi connectivity index (χ0n) is 15.4. The second-order valence-electron chi connectivity index (χ2n) is 6.39. The molecule has 0 spiro atoms. The molecular formula is C17H28ClN3O4S. The summed E-state index contributed by atoms with van der Waals surface area (Å²) in [6.45, 7) is 3.79. The van der Waals surface area contributed by atoms with Crippen LogP contribution in [0.25, 0.3) is 0 Å². The van der Waals surface area contributed by atoms with E-state index in [2.05, 4.69) is 10.0 Å². The van der Waals surface area contributed by atoms with Crippen LogP contribution in [-0.2, 0) is 19.6 Å². The van der Waals surface area contributed by atoms with E-state index in [-0.39, 0.29) is 36.3 Å². The maximum atomic E-state index is 12.7. The van der Waals surface area contributed by atoms with Crippen LogP contribution in [0.2, 0.25) is 0 Å². The average molecular weight is 406 g/mol. The van der Waals surface area contributed by atoms with E-state index in [4.69, 9.17) is 4.74 Å². The van der Waals surface area contributed by atoms with E-state index in [1.165, 1.54) is 4.90 Å². The lowest BCUT2D eigenvalue weighted by Crippen LogP contribution is -2.55. The second kappa shape index (κ2) is 9.66. The molecule has 2 N–H and O–H groups in total. The molecule has 26 heavy (non-hydrogen) atoms. The molecule has 7 nitrogen and oxygen atoms in total. The Bertz CT molecular complexity index is 688. The van der Waals surface area contributed by atoms with Gasteiger partial charge in [0.1, 0.15) is 5.60 Å². The number of carbonyl (C=O) groups is 1. The number of aryl methyl sites for hydroxylation is 1. The van der Waals surface area contributed by atoms with Gasteiger partial charge in [0.25, 0.3) is 5.91 Å². The van der Waals surface area contributed by atoms with Gasteiger partial charge in [-0.3, -0.25) is 4.79 Å². The molecule has 148 valence electrons. The summed E-state index contributed by atoms with van der Waals surface area (Å²) in [5.74, 6) is -0.106. The van der Waals surface area contributed by atoms with Gasteiger partial charge in [-0.2, -0.15) is 0 Å². The first-order valence-electron chi connectivity index (χ1n) is 8.38. The summed E-state index contributed by atoms with van der Waals surface area (Å²) in [6.07, 6.45) is 1.23. The Morgan fingerprint density at radius 3 is 2.38 bits per heavy atom. The molecule has 1 heterocycles. The first-order valence-corrected chi connectivity index (χ1v) is 9.87. The fourth-order valence-electron chi connectivity index (χ4n) is 2.93. The molecule has 0 aliphatic carbocycles. The van der Waals surface area contributed by atoms with Crippen LogP contribution in [0, 0.1) is 6.92 Å². The van der Waals surface area contributed by atoms with Crippen molar-refractivity contribution >= 4 is 28.3 Å². The molecule has 0 bridgehead atoms. The van der Waals surface area contributed by atoms with E-state index in [0.29, 0.717) is 12.8 Å². The number of carbonyl (C=O) groups excluding carboxylic acids is 1. The van der Waals surface area contributed by atoms with Crippen LogP contribution in [0.3, 0.4) is 0 Å². The predicted molar refractivity (Wildman–Crippen MR) is 103 cm³/mol. The highest BCUT2D eigenvalue weighted by atomic mass is 35.5. The zero-order chi connectivity index (χ0) is 18.5. The molecular weight excluding hydrogens is 378 g/mol. The van der Waals surface area contributed by atoms with Crippen LogP contribution in [-0.4, -0.2) is 65.2 Å². The van der Waals surface area contributed by atoms with Gasteiger partial charge < -0.3 is 15.0 Å². The Morgan fingerprint density at radius 1 is 1.27 bits per heavy atom. The second-order valence-corrected chi connectivity index (χ2v) is 8.15. The van der Waals surface area contributed by atoms with E-state index in [0.717, 1.165) is 18.7 Å². The lowest BCUT2D eigenvalue weighted by Gasteiger charge is -2.37. The van der Waals surface area contributed by atoms with Gasteiger partial charge >= 0.3 is 0 Å². The van der Waals surface area contributed by atoms with Gasteiger partial charge in [-0.1, -0.05) is 17.7 Å². The van der Waals surface area contributed by atoms with Gasteiger partial charge in [0.15, 0.2) is 0 Å². The Hall–Kier alpha value is -1.19. The minimum absolute atomic E-state index is 0. The fraction of sp³-hybridized carbons (Fsp3) is 0.588. The number of piperidine rings is 1. The zero-order valence-corrected chi connectivity index (χ0v) is 17.1. The molecule has 0 aromatic heterocycles. The van der Waals surface area contributed by atoms with Crippen molar-refractivity contribution in [2.45, 2.75) is 30.3 Å². The third-order valence-electron chi connectivity index (χ3n) is 4.61. The monoisotopic (exact) mass is 405 g/mol. The molecule has 9 heteroatoms. The molecule has 0 saturated carbocycles.